The van der Waals surface area contributed by atoms with E-state index >= 15 is 0 Å². The van der Waals surface area contributed by atoms with Gasteiger partial charge in [0.05, 0.1) is 10.7 Å². The predicted octanol–water partition coefficient (Wildman–Crippen LogP) is 12.2. The lowest BCUT2D eigenvalue weighted by atomic mass is 9.98. The van der Waals surface area contributed by atoms with Gasteiger partial charge in [-0.1, -0.05) is 85.6 Å². The first-order valence-corrected chi connectivity index (χ1v) is 19.9. The van der Waals surface area contributed by atoms with Gasteiger partial charge in [-0.15, -0.1) is 0 Å². The van der Waals surface area contributed by atoms with Crippen LogP contribution < -0.4 is 34.9 Å². The number of para-hydroxylation sites is 2. The molecule has 0 fully saturated rings. The lowest BCUT2D eigenvalue weighted by Crippen LogP contribution is -2.35. The number of urea groups is 1. The van der Waals surface area contributed by atoms with Crippen molar-refractivity contribution < 1.29 is 50.9 Å². The minimum Gasteiger partial charge on any atom is -0.490 e. The topological polar surface area (TPSA) is 137 Å². The molecule has 3 N–H and O–H groups in total. The van der Waals surface area contributed by atoms with Crippen LogP contribution in [0.2, 0.25) is 10.0 Å². The van der Waals surface area contributed by atoms with Crippen LogP contribution in [0.4, 0.5) is 32.8 Å². The molecule has 6 rings (SSSR count). The smallest absolute Gasteiger partial charge is 0.412 e. The number of aromatic nitrogens is 1. The second kappa shape index (κ2) is 24.6. The van der Waals surface area contributed by atoms with Gasteiger partial charge in [-0.05, 0) is 91.6 Å². The average Bonchev–Trinajstić information content (AvgIpc) is 3.28. The number of hydrogen-bond donors (Lipinski definition) is 3. The Morgan fingerprint density at radius 3 is 2.00 bits per heavy atom. The molecular weight excluding hydrogens is 867 g/mol. The molecule has 0 spiro atoms. The zero-order chi connectivity index (χ0) is 45.9. The number of ether oxygens (including phenoxy) is 4. The number of nitrogens with one attached hydrogen (secondary N) is 3. The summed E-state index contributed by atoms with van der Waals surface area (Å²) in [5.74, 6) is -2.37. The molecule has 63 heavy (non-hydrogen) atoms. The second-order valence-corrected chi connectivity index (χ2v) is 13.9. The zero-order valence-corrected chi connectivity index (χ0v) is 35.8. The van der Waals surface area contributed by atoms with Crippen molar-refractivity contribution in [3.05, 3.63) is 172 Å². The molecule has 0 aliphatic heterocycles. The van der Waals surface area contributed by atoms with Gasteiger partial charge in [0.15, 0.2) is 11.6 Å². The van der Waals surface area contributed by atoms with Crippen LogP contribution in [0.1, 0.15) is 49.0 Å². The molecule has 2 atom stereocenters. The summed E-state index contributed by atoms with van der Waals surface area (Å²) in [5.41, 5.74) is -0.558. The van der Waals surface area contributed by atoms with Crippen LogP contribution in [0.25, 0.3) is 0 Å². The molecule has 0 bridgehead atoms. The van der Waals surface area contributed by atoms with Crippen molar-refractivity contribution in [3.63, 3.8) is 0 Å². The highest BCUT2D eigenvalue weighted by Crippen LogP contribution is 2.32. The van der Waals surface area contributed by atoms with Crippen molar-refractivity contribution in [2.75, 3.05) is 19.0 Å². The van der Waals surface area contributed by atoms with Crippen LogP contribution in [0.5, 0.6) is 28.9 Å². The number of hydrogen-bond acceptors (Lipinski definition) is 8. The summed E-state index contributed by atoms with van der Waals surface area (Å²) in [6.45, 7) is 6.62. The van der Waals surface area contributed by atoms with Gasteiger partial charge in [-0.25, -0.2) is 32.1 Å². The molecule has 0 aliphatic rings. The van der Waals surface area contributed by atoms with Crippen LogP contribution >= 0.6 is 23.2 Å². The van der Waals surface area contributed by atoms with E-state index in [9.17, 15) is 31.9 Å². The molecule has 11 nitrogen and oxygen atoms in total. The molecule has 1 heterocycles. The van der Waals surface area contributed by atoms with Crippen molar-refractivity contribution in [1.82, 2.24) is 15.6 Å². The van der Waals surface area contributed by atoms with E-state index in [0.717, 1.165) is 47.4 Å². The number of carbonyl (C=O) groups excluding carboxylic acids is 3. The maximum Gasteiger partial charge on any atom is 0.412 e. The molecule has 330 valence electrons. The third-order valence-corrected chi connectivity index (χ3v) is 9.09. The van der Waals surface area contributed by atoms with Crippen molar-refractivity contribution in [3.8, 4) is 28.9 Å². The molecule has 17 heteroatoms. The lowest BCUT2D eigenvalue weighted by molar-refractivity contribution is 0.0958. The Balaban J connectivity index is 0.000000214. The molecule has 0 saturated carbocycles. The molecule has 2 unspecified atom stereocenters. The maximum absolute atomic E-state index is 13.7. The third-order valence-electron chi connectivity index (χ3n) is 8.48. The minimum atomic E-state index is -1.40. The summed E-state index contributed by atoms with van der Waals surface area (Å²) in [4.78, 5) is 38.6. The SMILES string of the molecule is CC(COc1ccc(Oc2ccccc2)cc1)Oc1ccccn1.CCC(C)c1ccccc1OC(=O)NC.O=C(NC(=O)c1c(F)cccc1F)Nc1cc(Cl)c(F)c(Cl)c1F. The fourth-order valence-electron chi connectivity index (χ4n) is 5.15. The highest BCUT2D eigenvalue weighted by Gasteiger charge is 2.22. The van der Waals surface area contributed by atoms with Gasteiger partial charge in [0.1, 0.15) is 57.9 Å². The van der Waals surface area contributed by atoms with Crippen LogP contribution in [-0.2, 0) is 0 Å². The first kappa shape index (κ1) is 48.8. The number of imide groups is 1. The standard InChI is InChI=1S/C20H19NO3.C14H6Cl2F4N2O2.C12H17NO2/c1-16(23-20-9-5-6-14-21-20)15-22-17-10-12-19(13-11-17)24-18-7-3-2-4-8-18;15-5-4-8(12(20)10(16)11(5)19)21-14(24)22-13(23)9-6(17)2-1-3-7(9)18;1-4-9(2)10-7-5-6-8-11(10)15-12(14)13-3/h2-14,16H,15H2,1H3;1-4H,(H2,21,22,23,24);5-9H,4H2,1-3H3,(H,13,14). The number of pyridine rings is 1. The Labute approximate surface area is 371 Å². The highest BCUT2D eigenvalue weighted by atomic mass is 35.5. The average molecular weight is 910 g/mol. The van der Waals surface area contributed by atoms with Gasteiger partial charge in [0.25, 0.3) is 5.91 Å². The monoisotopic (exact) mass is 908 g/mol. The van der Waals surface area contributed by atoms with E-state index in [1.165, 1.54) is 0 Å². The van der Waals surface area contributed by atoms with Gasteiger partial charge in [0, 0.05) is 19.3 Å². The van der Waals surface area contributed by atoms with Crippen LogP contribution in [0.3, 0.4) is 0 Å². The number of carbonyl (C=O) groups is 3. The van der Waals surface area contributed by atoms with Crippen molar-refractivity contribution in [1.29, 1.82) is 0 Å². The summed E-state index contributed by atoms with van der Waals surface area (Å²) in [6, 6.07) is 32.4. The zero-order valence-electron chi connectivity index (χ0n) is 34.3. The summed E-state index contributed by atoms with van der Waals surface area (Å²) in [7, 11) is 1.55. The van der Waals surface area contributed by atoms with Crippen LogP contribution in [-0.4, -0.2) is 42.8 Å². The summed E-state index contributed by atoms with van der Waals surface area (Å²) in [5, 5.41) is 4.31. The van der Waals surface area contributed by atoms with E-state index in [0.29, 0.717) is 30.2 Å². The van der Waals surface area contributed by atoms with E-state index in [4.69, 9.17) is 42.1 Å². The Kier molecular flexibility index (Phi) is 19.0. The minimum absolute atomic E-state index is 0.0971. The van der Waals surface area contributed by atoms with Crippen molar-refractivity contribution >= 4 is 46.9 Å². The summed E-state index contributed by atoms with van der Waals surface area (Å²) < 4.78 is 76.2. The number of halogens is 6. The summed E-state index contributed by atoms with van der Waals surface area (Å²) in [6.07, 6.45) is 2.20. The fraction of sp³-hybridized carbons (Fsp3) is 0.174. The van der Waals surface area contributed by atoms with Crippen molar-refractivity contribution in [2.24, 2.45) is 0 Å². The Bertz CT molecular complexity index is 2420. The largest absolute Gasteiger partial charge is 0.490 e. The Morgan fingerprint density at radius 1 is 0.746 bits per heavy atom. The number of anilines is 1. The number of amides is 4. The fourth-order valence-corrected chi connectivity index (χ4v) is 5.60. The molecule has 0 saturated heterocycles. The quantitative estimate of drug-likeness (QED) is 0.0627. The third kappa shape index (κ3) is 15.2. The van der Waals surface area contributed by atoms with Crippen LogP contribution in [0.15, 0.2) is 128 Å². The van der Waals surface area contributed by atoms with E-state index in [1.807, 2.05) is 109 Å². The van der Waals surface area contributed by atoms with Gasteiger partial charge in [-0.3, -0.25) is 10.1 Å². The normalized spacial score (nSPS) is 11.2. The van der Waals surface area contributed by atoms with Gasteiger partial charge >= 0.3 is 12.1 Å². The molecule has 0 aliphatic carbocycles. The molecule has 4 amide bonds. The predicted molar refractivity (Wildman–Crippen MR) is 232 cm³/mol. The molecule has 1 aromatic heterocycles. The Morgan fingerprint density at radius 2 is 1.37 bits per heavy atom. The van der Waals surface area contributed by atoms with E-state index < -0.39 is 62.6 Å². The summed E-state index contributed by atoms with van der Waals surface area (Å²) >= 11 is 10.8. The molecule has 5 aromatic carbocycles. The van der Waals surface area contributed by atoms with Crippen molar-refractivity contribution in [2.45, 2.75) is 39.2 Å². The van der Waals surface area contributed by atoms with Gasteiger partial charge < -0.3 is 29.6 Å². The molecular formula is C46H42Cl2F4N4O7. The lowest BCUT2D eigenvalue weighted by Gasteiger charge is -2.15. The van der Waals surface area contributed by atoms with Gasteiger partial charge in [0.2, 0.25) is 5.88 Å². The Hall–Kier alpha value is -6.84. The highest BCUT2D eigenvalue weighted by molar-refractivity contribution is 6.35. The van der Waals surface area contributed by atoms with Crippen LogP contribution in [0, 0.1) is 23.3 Å². The molecule has 0 radical (unpaired) electrons. The first-order valence-electron chi connectivity index (χ1n) is 19.1. The number of rotatable bonds is 12. The molecule has 6 aromatic rings. The first-order chi connectivity index (χ1) is 30.2. The van der Waals surface area contributed by atoms with E-state index in [2.05, 4.69) is 24.1 Å². The van der Waals surface area contributed by atoms with Gasteiger partial charge in [-0.2, -0.15) is 0 Å². The van der Waals surface area contributed by atoms with E-state index in [-0.39, 0.29) is 6.10 Å². The van der Waals surface area contributed by atoms with E-state index in [1.54, 1.807) is 18.6 Å². The number of nitrogens with zero attached hydrogens (tertiary/aromatic N) is 1. The maximum atomic E-state index is 13.7. The number of benzene rings is 5. The second-order valence-electron chi connectivity index (χ2n) is 13.1.